The van der Waals surface area contributed by atoms with Gasteiger partial charge in [-0.15, -0.1) is 0 Å². The van der Waals surface area contributed by atoms with E-state index in [2.05, 4.69) is 29.6 Å². The van der Waals surface area contributed by atoms with Crippen molar-refractivity contribution in [3.05, 3.63) is 65.7 Å². The molecule has 0 radical (unpaired) electrons. The van der Waals surface area contributed by atoms with Crippen LogP contribution in [0, 0.1) is 0 Å². The minimum atomic E-state index is -0.560. The maximum atomic E-state index is 12.4. The molecule has 0 aromatic heterocycles. The number of benzene rings is 2. The van der Waals surface area contributed by atoms with Gasteiger partial charge in [0.15, 0.2) is 0 Å². The summed E-state index contributed by atoms with van der Waals surface area (Å²) in [5.74, 6) is 0.700. The summed E-state index contributed by atoms with van der Waals surface area (Å²) in [5.41, 5.74) is 1.67. The van der Waals surface area contributed by atoms with Crippen LogP contribution >= 0.6 is 0 Å². The molecular formula is C21H25NO3. The van der Waals surface area contributed by atoms with Crippen LogP contribution in [0.4, 0.5) is 0 Å². The summed E-state index contributed by atoms with van der Waals surface area (Å²) in [7, 11) is 0. The molecule has 0 amide bonds. The van der Waals surface area contributed by atoms with Crippen molar-refractivity contribution >= 4 is 5.97 Å². The summed E-state index contributed by atoms with van der Waals surface area (Å²) < 4.78 is 10.8. The summed E-state index contributed by atoms with van der Waals surface area (Å²) in [6, 6.07) is 18.2. The Labute approximate surface area is 149 Å². The lowest BCUT2D eigenvalue weighted by molar-refractivity contribution is -0.147. The first-order valence-corrected chi connectivity index (χ1v) is 8.91. The molecule has 2 aromatic rings. The molecule has 0 spiro atoms. The van der Waals surface area contributed by atoms with Crippen molar-refractivity contribution in [2.75, 3.05) is 13.2 Å². The zero-order chi connectivity index (χ0) is 17.7. The second-order valence-electron chi connectivity index (χ2n) is 6.29. The first-order valence-electron chi connectivity index (χ1n) is 8.91. The minimum absolute atomic E-state index is 0.0659. The first-order chi connectivity index (χ1) is 12.2. The molecule has 1 atom stereocenters. The molecule has 1 aliphatic carbocycles. The molecule has 2 aromatic carbocycles. The van der Waals surface area contributed by atoms with Gasteiger partial charge < -0.3 is 9.47 Å². The molecule has 25 heavy (non-hydrogen) atoms. The first kappa shape index (κ1) is 17.5. The number of rotatable bonds is 8. The third kappa shape index (κ3) is 4.02. The fourth-order valence-electron chi connectivity index (χ4n) is 3.01. The second kappa shape index (κ2) is 7.70. The number of carbonyl (C=O) groups is 1. The molecule has 0 saturated heterocycles. The molecule has 3 rings (SSSR count). The van der Waals surface area contributed by atoms with Crippen LogP contribution in [0.5, 0.6) is 5.75 Å². The molecule has 132 valence electrons. The topological polar surface area (TPSA) is 47.6 Å². The third-order valence-electron chi connectivity index (χ3n) is 4.49. The lowest BCUT2D eigenvalue weighted by atomic mass is 9.97. The van der Waals surface area contributed by atoms with Crippen molar-refractivity contribution < 1.29 is 14.3 Å². The largest absolute Gasteiger partial charge is 0.494 e. The number of ether oxygens (including phenoxy) is 2. The highest BCUT2D eigenvalue weighted by molar-refractivity contribution is 5.84. The van der Waals surface area contributed by atoms with Crippen molar-refractivity contribution in [3.63, 3.8) is 0 Å². The predicted molar refractivity (Wildman–Crippen MR) is 97.6 cm³/mol. The molecule has 1 N–H and O–H groups in total. The monoisotopic (exact) mass is 339 g/mol. The second-order valence-corrected chi connectivity index (χ2v) is 6.29. The molecule has 4 heteroatoms. The molecule has 1 unspecified atom stereocenters. The lowest BCUT2D eigenvalue weighted by Crippen LogP contribution is -2.43. The van der Waals surface area contributed by atoms with E-state index in [0.29, 0.717) is 13.2 Å². The maximum absolute atomic E-state index is 12.4. The molecule has 0 bridgehead atoms. The van der Waals surface area contributed by atoms with Gasteiger partial charge in [-0.1, -0.05) is 42.5 Å². The van der Waals surface area contributed by atoms with Gasteiger partial charge in [-0.3, -0.25) is 10.1 Å². The number of hydrogen-bond donors (Lipinski definition) is 1. The van der Waals surface area contributed by atoms with E-state index < -0.39 is 5.54 Å². The van der Waals surface area contributed by atoms with Crippen LogP contribution in [0.3, 0.4) is 0 Å². The summed E-state index contributed by atoms with van der Waals surface area (Å²) in [6.07, 6.45) is 1.62. The summed E-state index contributed by atoms with van der Waals surface area (Å²) in [5, 5.41) is 3.56. The number of esters is 1. The van der Waals surface area contributed by atoms with Crippen molar-refractivity contribution in [1.29, 1.82) is 0 Å². The van der Waals surface area contributed by atoms with Gasteiger partial charge in [-0.2, -0.15) is 0 Å². The summed E-state index contributed by atoms with van der Waals surface area (Å²) in [6.45, 7) is 4.86. The Morgan fingerprint density at radius 2 is 1.64 bits per heavy atom. The molecule has 1 aliphatic rings. The number of nitrogens with one attached hydrogen (secondary N) is 1. The Morgan fingerprint density at radius 1 is 1.00 bits per heavy atom. The van der Waals surface area contributed by atoms with Gasteiger partial charge in [0.05, 0.1) is 19.3 Å². The van der Waals surface area contributed by atoms with Crippen molar-refractivity contribution in [3.8, 4) is 5.75 Å². The van der Waals surface area contributed by atoms with Crippen molar-refractivity contribution in [1.82, 2.24) is 5.32 Å². The van der Waals surface area contributed by atoms with Crippen LogP contribution in [0.2, 0.25) is 0 Å². The van der Waals surface area contributed by atoms with E-state index in [-0.39, 0.29) is 12.0 Å². The van der Waals surface area contributed by atoms with Crippen LogP contribution in [0.1, 0.15) is 43.9 Å². The fraction of sp³-hybridized carbons (Fsp3) is 0.381. The third-order valence-corrected chi connectivity index (χ3v) is 4.49. The Kier molecular flexibility index (Phi) is 5.39. The zero-order valence-electron chi connectivity index (χ0n) is 14.8. The van der Waals surface area contributed by atoms with E-state index in [9.17, 15) is 4.79 Å². The molecule has 0 heterocycles. The van der Waals surface area contributed by atoms with E-state index in [0.717, 1.165) is 29.7 Å². The van der Waals surface area contributed by atoms with Crippen LogP contribution < -0.4 is 10.1 Å². The van der Waals surface area contributed by atoms with E-state index in [1.807, 2.05) is 44.2 Å². The Bertz CT molecular complexity index is 693. The Balaban J connectivity index is 1.87. The molecular weight excluding hydrogens is 314 g/mol. The molecule has 4 nitrogen and oxygen atoms in total. The molecule has 1 saturated carbocycles. The highest BCUT2D eigenvalue weighted by atomic mass is 16.5. The van der Waals surface area contributed by atoms with E-state index in [1.54, 1.807) is 0 Å². The number of carbonyl (C=O) groups excluding carboxylic acids is 1. The summed E-state index contributed by atoms with van der Waals surface area (Å²) >= 11 is 0. The van der Waals surface area contributed by atoms with Gasteiger partial charge in [-0.25, -0.2) is 0 Å². The highest BCUT2D eigenvalue weighted by Gasteiger charge is 2.52. The van der Waals surface area contributed by atoms with E-state index in [4.69, 9.17) is 9.47 Å². The van der Waals surface area contributed by atoms with Gasteiger partial charge in [0, 0.05) is 0 Å². The predicted octanol–water partition coefficient (Wildman–Crippen LogP) is 3.86. The van der Waals surface area contributed by atoms with Gasteiger partial charge in [0.1, 0.15) is 11.3 Å². The average molecular weight is 339 g/mol. The molecule has 1 fully saturated rings. The highest BCUT2D eigenvalue weighted by Crippen LogP contribution is 2.40. The average Bonchev–Trinajstić information content (AvgIpc) is 3.43. The van der Waals surface area contributed by atoms with Crippen LogP contribution in [0.15, 0.2) is 54.6 Å². The van der Waals surface area contributed by atoms with Crippen LogP contribution in [0.25, 0.3) is 0 Å². The zero-order valence-corrected chi connectivity index (χ0v) is 14.8. The SMILES string of the molecule is CCOC(=O)C1(NC(c2ccccc2)c2ccc(OCC)cc2)CC1. The fourth-order valence-corrected chi connectivity index (χ4v) is 3.01. The standard InChI is InChI=1S/C21H25NO3/c1-3-24-18-12-10-17(11-13-18)19(16-8-6-5-7-9-16)22-21(14-15-21)20(23)25-4-2/h5-13,19,22H,3-4,14-15H2,1-2H3. The Morgan fingerprint density at radius 3 is 2.20 bits per heavy atom. The molecule has 0 aliphatic heterocycles. The summed E-state index contributed by atoms with van der Waals surface area (Å²) in [4.78, 5) is 12.4. The van der Waals surface area contributed by atoms with Gasteiger partial charge >= 0.3 is 5.97 Å². The normalized spacial score (nSPS) is 16.1. The van der Waals surface area contributed by atoms with Gasteiger partial charge in [0.2, 0.25) is 0 Å². The van der Waals surface area contributed by atoms with Crippen molar-refractivity contribution in [2.24, 2.45) is 0 Å². The van der Waals surface area contributed by atoms with Gasteiger partial charge in [-0.05, 0) is 49.9 Å². The lowest BCUT2D eigenvalue weighted by Gasteiger charge is -2.25. The maximum Gasteiger partial charge on any atom is 0.326 e. The Hall–Kier alpha value is -2.33. The number of hydrogen-bond acceptors (Lipinski definition) is 4. The van der Waals surface area contributed by atoms with Gasteiger partial charge in [0.25, 0.3) is 0 Å². The van der Waals surface area contributed by atoms with Crippen LogP contribution in [-0.4, -0.2) is 24.7 Å². The minimum Gasteiger partial charge on any atom is -0.494 e. The van der Waals surface area contributed by atoms with Crippen LogP contribution in [-0.2, 0) is 9.53 Å². The smallest absolute Gasteiger partial charge is 0.326 e. The van der Waals surface area contributed by atoms with E-state index >= 15 is 0 Å². The van der Waals surface area contributed by atoms with Crippen molar-refractivity contribution in [2.45, 2.75) is 38.3 Å². The van der Waals surface area contributed by atoms with E-state index in [1.165, 1.54) is 0 Å². The quantitative estimate of drug-likeness (QED) is 0.742.